The van der Waals surface area contributed by atoms with E-state index in [1.165, 1.54) is 29.4 Å². The van der Waals surface area contributed by atoms with Gasteiger partial charge in [-0.3, -0.25) is 0 Å². The molecule has 0 aliphatic carbocycles. The first-order valence-corrected chi connectivity index (χ1v) is 23.1. The number of rotatable bonds is 10. The predicted octanol–water partition coefficient (Wildman–Crippen LogP) is 6.90. The first-order chi connectivity index (χ1) is 11.7. The normalized spacial score (nSPS) is 16.2. The van der Waals surface area contributed by atoms with E-state index in [-0.39, 0.29) is 0 Å². The molecule has 0 aromatic heterocycles. The third kappa shape index (κ3) is 8.77. The molecule has 0 amide bonds. The maximum Gasteiger partial charge on any atom is 0.0846 e. The van der Waals surface area contributed by atoms with E-state index in [9.17, 15) is 0 Å². The standard InChI is InChI=1S/C22H44SSi3/c1-11-21-12-14-22(15-13-21)26(20-25(8,9)10,17-16-23(2,3)4)19-18-24(5,6)7/h11-15H,1,16-20H2,2-10H3. The zero-order valence-corrected chi connectivity index (χ0v) is 22.9. The maximum atomic E-state index is 3.95. The minimum Gasteiger partial charge on any atom is -0.250 e. The van der Waals surface area contributed by atoms with Crippen molar-refractivity contribution in [3.63, 3.8) is 0 Å². The molecule has 150 valence electrons. The Morgan fingerprint density at radius 3 is 1.73 bits per heavy atom. The summed E-state index contributed by atoms with van der Waals surface area (Å²) in [6, 6.07) is 14.1. The molecule has 0 radical (unpaired) electrons. The van der Waals surface area contributed by atoms with Crippen LogP contribution in [0.4, 0.5) is 0 Å². The Morgan fingerprint density at radius 1 is 0.808 bits per heavy atom. The lowest BCUT2D eigenvalue weighted by Gasteiger charge is -2.41. The molecule has 0 bridgehead atoms. The summed E-state index contributed by atoms with van der Waals surface area (Å²) in [5.41, 5.74) is 2.81. The molecule has 0 aliphatic heterocycles. The fourth-order valence-corrected chi connectivity index (χ4v) is 24.8. The van der Waals surface area contributed by atoms with Gasteiger partial charge in [-0.05, 0) is 36.1 Å². The van der Waals surface area contributed by atoms with Gasteiger partial charge in [-0.1, -0.05) is 99.1 Å². The van der Waals surface area contributed by atoms with Gasteiger partial charge in [-0.2, -0.15) is 0 Å². The lowest BCUT2D eigenvalue weighted by molar-refractivity contribution is 1.21. The van der Waals surface area contributed by atoms with E-state index in [0.29, 0.717) is 0 Å². The van der Waals surface area contributed by atoms with Gasteiger partial charge in [0.1, 0.15) is 0 Å². The first-order valence-electron chi connectivity index (χ1n) is 10.0. The van der Waals surface area contributed by atoms with Crippen molar-refractivity contribution < 1.29 is 0 Å². The fourth-order valence-electron chi connectivity index (χ4n) is 3.80. The summed E-state index contributed by atoms with van der Waals surface area (Å²) in [5, 5.41) is 1.73. The lowest BCUT2D eigenvalue weighted by Crippen LogP contribution is -2.54. The Balaban J connectivity index is 3.35. The first kappa shape index (κ1) is 24.0. The molecule has 1 aromatic carbocycles. The van der Waals surface area contributed by atoms with Crippen molar-refractivity contribution >= 4 is 45.5 Å². The van der Waals surface area contributed by atoms with Crippen LogP contribution in [0.15, 0.2) is 30.8 Å². The average Bonchev–Trinajstić information content (AvgIpc) is 2.47. The Kier molecular flexibility index (Phi) is 8.28. The van der Waals surface area contributed by atoms with Crippen molar-refractivity contribution in [2.45, 2.75) is 63.1 Å². The van der Waals surface area contributed by atoms with Crippen molar-refractivity contribution in [1.82, 2.24) is 0 Å². The highest BCUT2D eigenvalue weighted by atomic mass is 32.3. The summed E-state index contributed by atoms with van der Waals surface area (Å²) in [6.07, 6.45) is 9.48. The van der Waals surface area contributed by atoms with Crippen LogP contribution < -0.4 is 5.19 Å². The molecule has 0 heterocycles. The maximum absolute atomic E-state index is 3.95. The van der Waals surface area contributed by atoms with Crippen LogP contribution in [-0.2, 0) is 0 Å². The Morgan fingerprint density at radius 2 is 1.35 bits per heavy atom. The van der Waals surface area contributed by atoms with E-state index in [0.717, 1.165) is 0 Å². The number of benzene rings is 1. The van der Waals surface area contributed by atoms with E-state index in [1.54, 1.807) is 10.9 Å². The molecule has 0 nitrogen and oxygen atoms in total. The van der Waals surface area contributed by atoms with Gasteiger partial charge < -0.3 is 0 Å². The van der Waals surface area contributed by atoms with Crippen molar-refractivity contribution in [2.24, 2.45) is 0 Å². The predicted molar refractivity (Wildman–Crippen MR) is 138 cm³/mol. The molecule has 1 atom stereocenters. The Labute approximate surface area is 169 Å². The summed E-state index contributed by atoms with van der Waals surface area (Å²) >= 11 is 0. The summed E-state index contributed by atoms with van der Waals surface area (Å²) in [4.78, 5) is 0. The zero-order chi connectivity index (χ0) is 20.2. The second-order valence-corrected chi connectivity index (χ2v) is 32.3. The molecule has 1 aromatic rings. The smallest absolute Gasteiger partial charge is 0.0846 e. The van der Waals surface area contributed by atoms with Crippen LogP contribution in [0.1, 0.15) is 5.56 Å². The molecule has 0 fully saturated rings. The minimum absolute atomic E-state index is 0.442. The molecule has 0 aliphatic rings. The Hall–Kier alpha value is -0.0394. The summed E-state index contributed by atoms with van der Waals surface area (Å²) in [6.45, 7) is 19.4. The molecule has 1 unspecified atom stereocenters. The highest BCUT2D eigenvalue weighted by molar-refractivity contribution is 8.32. The van der Waals surface area contributed by atoms with Gasteiger partial charge in [0.2, 0.25) is 0 Å². The zero-order valence-electron chi connectivity index (χ0n) is 19.0. The molecule has 0 N–H and O–H groups in total. The quantitative estimate of drug-likeness (QED) is 0.358. The van der Waals surface area contributed by atoms with Gasteiger partial charge >= 0.3 is 0 Å². The summed E-state index contributed by atoms with van der Waals surface area (Å²) in [5.74, 6) is 1.44. The van der Waals surface area contributed by atoms with Gasteiger partial charge in [0.15, 0.2) is 0 Å². The third-order valence-corrected chi connectivity index (χ3v) is 20.1. The van der Waals surface area contributed by atoms with Crippen molar-refractivity contribution in [3.8, 4) is 0 Å². The van der Waals surface area contributed by atoms with Gasteiger partial charge in [0.25, 0.3) is 0 Å². The molecule has 0 spiro atoms. The molecule has 4 heteroatoms. The SMILES string of the molecule is C=Cc1ccc([Si](CC[Si](C)(C)C)(CCS(C)(C)C)C[Si](C)(C)C)cc1. The highest BCUT2D eigenvalue weighted by Crippen LogP contribution is 2.40. The fraction of sp³-hybridized carbons (Fsp3) is 0.636. The van der Waals surface area contributed by atoms with Crippen LogP contribution in [0.3, 0.4) is 0 Å². The average molecular weight is 425 g/mol. The van der Waals surface area contributed by atoms with E-state index < -0.39 is 34.2 Å². The largest absolute Gasteiger partial charge is 0.250 e. The van der Waals surface area contributed by atoms with Gasteiger partial charge in [-0.25, -0.2) is 10.0 Å². The van der Waals surface area contributed by atoms with Crippen LogP contribution >= 0.6 is 10.0 Å². The van der Waals surface area contributed by atoms with Crippen molar-refractivity contribution in [3.05, 3.63) is 36.4 Å². The van der Waals surface area contributed by atoms with Crippen LogP contribution in [0.2, 0.25) is 63.1 Å². The van der Waals surface area contributed by atoms with Crippen LogP contribution in [-0.4, -0.2) is 48.7 Å². The van der Waals surface area contributed by atoms with E-state index in [1.807, 2.05) is 6.08 Å². The lowest BCUT2D eigenvalue weighted by atomic mass is 10.2. The van der Waals surface area contributed by atoms with E-state index in [2.05, 4.69) is 88.9 Å². The number of hydrogen-bond donors (Lipinski definition) is 0. The number of hydrogen-bond acceptors (Lipinski definition) is 0. The van der Waals surface area contributed by atoms with Crippen molar-refractivity contribution in [2.75, 3.05) is 24.5 Å². The van der Waals surface area contributed by atoms with Crippen LogP contribution in [0.25, 0.3) is 6.08 Å². The van der Waals surface area contributed by atoms with Crippen LogP contribution in [0.5, 0.6) is 0 Å². The highest BCUT2D eigenvalue weighted by Gasteiger charge is 2.40. The van der Waals surface area contributed by atoms with E-state index >= 15 is 0 Å². The monoisotopic (exact) mass is 424 g/mol. The topological polar surface area (TPSA) is 0 Å². The van der Waals surface area contributed by atoms with Crippen LogP contribution in [0, 0.1) is 0 Å². The molecular formula is C22H44SSi3. The molecule has 26 heavy (non-hydrogen) atoms. The van der Waals surface area contributed by atoms with Gasteiger partial charge in [0, 0.05) is 16.1 Å². The minimum atomic E-state index is -1.48. The van der Waals surface area contributed by atoms with Crippen molar-refractivity contribution in [1.29, 1.82) is 0 Å². The molecule has 0 saturated carbocycles. The Bertz CT molecular complexity index is 553. The van der Waals surface area contributed by atoms with Gasteiger partial charge in [-0.15, -0.1) is 0 Å². The second-order valence-electron chi connectivity index (χ2n) is 11.4. The third-order valence-electron chi connectivity index (χ3n) is 5.17. The van der Waals surface area contributed by atoms with Gasteiger partial charge in [0.05, 0.1) is 8.07 Å². The summed E-state index contributed by atoms with van der Waals surface area (Å²) in [7, 11) is -4.07. The molecule has 0 saturated heterocycles. The second kappa shape index (κ2) is 8.97. The summed E-state index contributed by atoms with van der Waals surface area (Å²) < 4.78 is 0. The molecular weight excluding hydrogens is 381 g/mol. The molecule has 1 rings (SSSR count). The van der Waals surface area contributed by atoms with E-state index in [4.69, 9.17) is 0 Å².